The van der Waals surface area contributed by atoms with Crippen LogP contribution in [0, 0.1) is 5.82 Å². The molecule has 2 N–H and O–H groups in total. The average Bonchev–Trinajstić information content (AvgIpc) is 2.84. The van der Waals surface area contributed by atoms with Crippen LogP contribution in [-0.4, -0.2) is 4.57 Å². The highest BCUT2D eigenvalue weighted by Crippen LogP contribution is 2.25. The lowest BCUT2D eigenvalue weighted by molar-refractivity contribution is 0.307. The van der Waals surface area contributed by atoms with Crippen molar-refractivity contribution in [3.05, 3.63) is 60.0 Å². The molecule has 0 radical (unpaired) electrons. The van der Waals surface area contributed by atoms with E-state index in [0.29, 0.717) is 12.4 Å². The number of nitrogens with zero attached hydrogens (tertiary/aromatic N) is 1. The molecule has 0 atom stereocenters. The lowest BCUT2D eigenvalue weighted by Gasteiger charge is -2.05. The van der Waals surface area contributed by atoms with Gasteiger partial charge >= 0.3 is 0 Å². The number of ether oxygens (including phenoxy) is 1. The van der Waals surface area contributed by atoms with Crippen LogP contribution in [0.4, 0.5) is 10.1 Å². The van der Waals surface area contributed by atoms with E-state index in [1.165, 1.54) is 12.1 Å². The molecule has 0 fully saturated rings. The van der Waals surface area contributed by atoms with Crippen molar-refractivity contribution in [3.8, 4) is 5.75 Å². The Labute approximate surface area is 122 Å². The standard InChI is InChI=1S/C17H17FN2O/c1-2-20-10-12(16-8-5-14(19)9-17(16)20)11-21-15-6-3-13(18)4-7-15/h3-10H,2,11,19H2,1H3. The van der Waals surface area contributed by atoms with E-state index in [9.17, 15) is 4.39 Å². The third kappa shape index (κ3) is 2.70. The number of aromatic nitrogens is 1. The second-order valence-electron chi connectivity index (χ2n) is 4.96. The maximum Gasteiger partial charge on any atom is 0.123 e. The Morgan fingerprint density at radius 2 is 1.90 bits per heavy atom. The van der Waals surface area contributed by atoms with Gasteiger partial charge in [0.05, 0.1) is 5.52 Å². The molecule has 0 amide bonds. The fourth-order valence-electron chi connectivity index (χ4n) is 2.45. The Kier molecular flexibility index (Phi) is 3.52. The molecule has 3 rings (SSSR count). The van der Waals surface area contributed by atoms with Crippen LogP contribution in [0.1, 0.15) is 12.5 Å². The molecule has 0 saturated heterocycles. The monoisotopic (exact) mass is 284 g/mol. The van der Waals surface area contributed by atoms with Crippen LogP contribution in [0.15, 0.2) is 48.7 Å². The zero-order valence-corrected chi connectivity index (χ0v) is 11.8. The van der Waals surface area contributed by atoms with Crippen molar-refractivity contribution in [1.82, 2.24) is 4.57 Å². The summed E-state index contributed by atoms with van der Waals surface area (Å²) in [7, 11) is 0. The summed E-state index contributed by atoms with van der Waals surface area (Å²) in [5.41, 5.74) is 8.81. The first-order valence-corrected chi connectivity index (χ1v) is 6.93. The molecular weight excluding hydrogens is 267 g/mol. The van der Waals surface area contributed by atoms with Crippen molar-refractivity contribution in [2.75, 3.05) is 5.73 Å². The summed E-state index contributed by atoms with van der Waals surface area (Å²) in [6.45, 7) is 3.41. The van der Waals surface area contributed by atoms with Gasteiger partial charge in [0.15, 0.2) is 0 Å². The van der Waals surface area contributed by atoms with Crippen molar-refractivity contribution < 1.29 is 9.13 Å². The van der Waals surface area contributed by atoms with Gasteiger partial charge in [-0.3, -0.25) is 0 Å². The molecule has 0 aliphatic heterocycles. The minimum absolute atomic E-state index is 0.264. The van der Waals surface area contributed by atoms with Crippen LogP contribution in [0.2, 0.25) is 0 Å². The Morgan fingerprint density at radius 1 is 1.14 bits per heavy atom. The maximum atomic E-state index is 12.9. The Morgan fingerprint density at radius 3 is 2.62 bits per heavy atom. The van der Waals surface area contributed by atoms with Gasteiger partial charge in [-0.15, -0.1) is 0 Å². The molecule has 0 saturated carbocycles. The number of nitrogens with two attached hydrogens (primary N) is 1. The molecule has 3 nitrogen and oxygen atoms in total. The van der Waals surface area contributed by atoms with Crippen molar-refractivity contribution >= 4 is 16.6 Å². The van der Waals surface area contributed by atoms with Crippen molar-refractivity contribution in [2.24, 2.45) is 0 Å². The van der Waals surface area contributed by atoms with E-state index >= 15 is 0 Å². The largest absolute Gasteiger partial charge is 0.489 e. The Balaban J connectivity index is 1.88. The first kappa shape index (κ1) is 13.5. The molecule has 3 aromatic rings. The predicted molar refractivity (Wildman–Crippen MR) is 82.8 cm³/mol. The van der Waals surface area contributed by atoms with Gasteiger partial charge in [-0.1, -0.05) is 6.07 Å². The van der Waals surface area contributed by atoms with E-state index in [0.717, 1.165) is 28.7 Å². The quantitative estimate of drug-likeness (QED) is 0.737. The molecule has 0 bridgehead atoms. The van der Waals surface area contributed by atoms with Gasteiger partial charge < -0.3 is 15.0 Å². The van der Waals surface area contributed by atoms with Crippen LogP contribution in [-0.2, 0) is 13.2 Å². The van der Waals surface area contributed by atoms with E-state index in [4.69, 9.17) is 10.5 Å². The van der Waals surface area contributed by atoms with Gasteiger partial charge in [0, 0.05) is 29.4 Å². The third-order valence-electron chi connectivity index (χ3n) is 3.54. The number of halogens is 1. The van der Waals surface area contributed by atoms with Gasteiger partial charge in [-0.05, 0) is 43.3 Å². The van der Waals surface area contributed by atoms with Gasteiger partial charge in [-0.25, -0.2) is 4.39 Å². The number of hydrogen-bond donors (Lipinski definition) is 1. The smallest absolute Gasteiger partial charge is 0.123 e. The highest BCUT2D eigenvalue weighted by atomic mass is 19.1. The molecule has 2 aromatic carbocycles. The molecule has 21 heavy (non-hydrogen) atoms. The van der Waals surface area contributed by atoms with Gasteiger partial charge in [-0.2, -0.15) is 0 Å². The predicted octanol–water partition coefficient (Wildman–Crippen LogP) is 3.96. The van der Waals surface area contributed by atoms with E-state index in [2.05, 4.69) is 17.7 Å². The summed E-state index contributed by atoms with van der Waals surface area (Å²) >= 11 is 0. The first-order chi connectivity index (χ1) is 10.2. The SMILES string of the molecule is CCn1cc(COc2ccc(F)cc2)c2ccc(N)cc21. The zero-order valence-electron chi connectivity index (χ0n) is 11.8. The normalized spacial score (nSPS) is 11.0. The van der Waals surface area contributed by atoms with Crippen molar-refractivity contribution in [3.63, 3.8) is 0 Å². The number of aryl methyl sites for hydroxylation is 1. The van der Waals surface area contributed by atoms with Crippen LogP contribution >= 0.6 is 0 Å². The van der Waals surface area contributed by atoms with Gasteiger partial charge in [0.25, 0.3) is 0 Å². The molecule has 1 aromatic heterocycles. The molecule has 4 heteroatoms. The van der Waals surface area contributed by atoms with Crippen molar-refractivity contribution in [1.29, 1.82) is 0 Å². The van der Waals surface area contributed by atoms with Crippen LogP contribution in [0.3, 0.4) is 0 Å². The Hall–Kier alpha value is -2.49. The van der Waals surface area contributed by atoms with Crippen LogP contribution < -0.4 is 10.5 Å². The molecule has 0 spiro atoms. The summed E-state index contributed by atoms with van der Waals surface area (Å²) < 4.78 is 20.8. The minimum Gasteiger partial charge on any atom is -0.489 e. The highest BCUT2D eigenvalue weighted by molar-refractivity contribution is 5.86. The average molecular weight is 284 g/mol. The number of fused-ring (bicyclic) bond motifs is 1. The lowest BCUT2D eigenvalue weighted by Crippen LogP contribution is -1.95. The van der Waals surface area contributed by atoms with Gasteiger partial charge in [0.2, 0.25) is 0 Å². The number of nitrogen functional groups attached to an aromatic ring is 1. The summed E-state index contributed by atoms with van der Waals surface area (Å²) in [5.74, 6) is 0.393. The second kappa shape index (κ2) is 5.48. The molecule has 0 aliphatic carbocycles. The number of benzene rings is 2. The summed E-state index contributed by atoms with van der Waals surface area (Å²) in [4.78, 5) is 0. The van der Waals surface area contributed by atoms with E-state index < -0.39 is 0 Å². The lowest BCUT2D eigenvalue weighted by atomic mass is 10.1. The maximum absolute atomic E-state index is 12.9. The molecular formula is C17H17FN2O. The number of rotatable bonds is 4. The third-order valence-corrected chi connectivity index (χ3v) is 3.54. The Bertz CT molecular complexity index is 762. The van der Waals surface area contributed by atoms with E-state index in [1.807, 2.05) is 18.2 Å². The summed E-state index contributed by atoms with van der Waals surface area (Å²) in [6, 6.07) is 11.9. The fourth-order valence-corrected chi connectivity index (χ4v) is 2.45. The van der Waals surface area contributed by atoms with E-state index in [1.54, 1.807) is 12.1 Å². The molecule has 1 heterocycles. The molecule has 0 unspecified atom stereocenters. The zero-order chi connectivity index (χ0) is 14.8. The minimum atomic E-state index is -0.264. The van der Waals surface area contributed by atoms with E-state index in [-0.39, 0.29) is 5.82 Å². The fraction of sp³-hybridized carbons (Fsp3) is 0.176. The first-order valence-electron chi connectivity index (χ1n) is 6.93. The van der Waals surface area contributed by atoms with Crippen LogP contribution in [0.5, 0.6) is 5.75 Å². The topological polar surface area (TPSA) is 40.2 Å². The number of anilines is 1. The highest BCUT2D eigenvalue weighted by Gasteiger charge is 2.08. The molecule has 108 valence electrons. The van der Waals surface area contributed by atoms with Gasteiger partial charge in [0.1, 0.15) is 18.2 Å². The summed E-state index contributed by atoms with van der Waals surface area (Å²) in [6.07, 6.45) is 2.08. The summed E-state index contributed by atoms with van der Waals surface area (Å²) in [5, 5.41) is 1.13. The molecule has 0 aliphatic rings. The van der Waals surface area contributed by atoms with Crippen LogP contribution in [0.25, 0.3) is 10.9 Å². The number of hydrogen-bond acceptors (Lipinski definition) is 2. The second-order valence-corrected chi connectivity index (χ2v) is 4.96. The van der Waals surface area contributed by atoms with Crippen molar-refractivity contribution in [2.45, 2.75) is 20.1 Å².